The standard InChI is InChI=1S/C2H6O3S.C2H6O2.H2O3S/c1-4-6(3)5-2;3-1-2-4;1-4(2)3/h1-2H3;3-4H,1-2H2;(H2,1,2,3). The third-order valence-electron chi connectivity index (χ3n) is 0.372. The van der Waals surface area contributed by atoms with Crippen LogP contribution in [0.25, 0.3) is 0 Å². The Morgan fingerprint density at radius 1 is 1.00 bits per heavy atom. The van der Waals surface area contributed by atoms with Gasteiger partial charge in [0.15, 0.2) is 0 Å². The molecule has 0 aliphatic carbocycles. The first-order valence-electron chi connectivity index (χ1n) is 2.98. The SMILES string of the molecule is COS(=O)OC.O=S(O)O.OCCO. The van der Waals surface area contributed by atoms with Crippen LogP contribution in [0.2, 0.25) is 0 Å². The largest absolute Gasteiger partial charge is 0.394 e. The molecule has 0 unspecified atom stereocenters. The predicted octanol–water partition coefficient (Wildman–Crippen LogP) is -1.49. The lowest BCUT2D eigenvalue weighted by Crippen LogP contribution is -1.91. The molecule has 8 nitrogen and oxygen atoms in total. The topological polar surface area (TPSA) is 134 Å². The van der Waals surface area contributed by atoms with Crippen molar-refractivity contribution in [1.29, 1.82) is 0 Å². The van der Waals surface area contributed by atoms with Crippen molar-refractivity contribution in [1.82, 2.24) is 0 Å². The smallest absolute Gasteiger partial charge is 0.304 e. The van der Waals surface area contributed by atoms with Crippen molar-refractivity contribution in [3.63, 3.8) is 0 Å². The molecule has 0 aliphatic heterocycles. The molecule has 0 heterocycles. The van der Waals surface area contributed by atoms with Gasteiger partial charge in [0.05, 0.1) is 27.4 Å². The fraction of sp³-hybridized carbons (Fsp3) is 1.00. The minimum Gasteiger partial charge on any atom is -0.394 e. The molecule has 0 amide bonds. The molecule has 14 heavy (non-hydrogen) atoms. The van der Waals surface area contributed by atoms with Gasteiger partial charge in [0.1, 0.15) is 0 Å². The molecule has 10 heteroatoms. The van der Waals surface area contributed by atoms with Crippen LogP contribution in [-0.2, 0) is 31.1 Å². The maximum Gasteiger partial charge on any atom is 0.304 e. The quantitative estimate of drug-likeness (QED) is 0.448. The van der Waals surface area contributed by atoms with Gasteiger partial charge in [-0.1, -0.05) is 0 Å². The maximum atomic E-state index is 9.85. The van der Waals surface area contributed by atoms with Crippen LogP contribution in [-0.4, -0.2) is 55.2 Å². The van der Waals surface area contributed by atoms with E-state index in [9.17, 15) is 4.21 Å². The van der Waals surface area contributed by atoms with Crippen molar-refractivity contribution in [3.8, 4) is 0 Å². The summed E-state index contributed by atoms with van der Waals surface area (Å²) >= 11 is -4.15. The molecule has 0 saturated heterocycles. The zero-order chi connectivity index (χ0) is 12.0. The van der Waals surface area contributed by atoms with E-state index in [0.717, 1.165) is 0 Å². The second-order valence-corrected chi connectivity index (χ2v) is 2.75. The van der Waals surface area contributed by atoms with Crippen molar-refractivity contribution in [2.75, 3.05) is 27.4 Å². The molecule has 4 N–H and O–H groups in total. The van der Waals surface area contributed by atoms with E-state index >= 15 is 0 Å². The van der Waals surface area contributed by atoms with Crippen LogP contribution in [0.4, 0.5) is 0 Å². The molecule has 0 radical (unpaired) electrons. The van der Waals surface area contributed by atoms with E-state index in [0.29, 0.717) is 0 Å². The number of rotatable bonds is 3. The lowest BCUT2D eigenvalue weighted by atomic mass is 10.8. The van der Waals surface area contributed by atoms with Gasteiger partial charge in [0.2, 0.25) is 0 Å². The molecule has 0 aromatic rings. The van der Waals surface area contributed by atoms with Crippen LogP contribution in [0.1, 0.15) is 0 Å². The van der Waals surface area contributed by atoms with E-state index in [1.807, 2.05) is 0 Å². The number of aliphatic hydroxyl groups is 2. The van der Waals surface area contributed by atoms with Gasteiger partial charge in [-0.05, 0) is 0 Å². The minimum atomic E-state index is -2.61. The zero-order valence-corrected chi connectivity index (χ0v) is 9.29. The highest BCUT2D eigenvalue weighted by molar-refractivity contribution is 7.75. The summed E-state index contributed by atoms with van der Waals surface area (Å²) < 4.78 is 41.0. The molecule has 0 aromatic carbocycles. The third kappa shape index (κ3) is 57.6. The molecule has 0 aromatic heterocycles. The highest BCUT2D eigenvalue weighted by Gasteiger charge is 1.84. The summed E-state index contributed by atoms with van der Waals surface area (Å²) in [7, 11) is 2.61. The Morgan fingerprint density at radius 3 is 1.21 bits per heavy atom. The summed E-state index contributed by atoms with van der Waals surface area (Å²) in [5, 5.41) is 15.2. The van der Waals surface area contributed by atoms with E-state index in [4.69, 9.17) is 23.5 Å². The number of hydrogen-bond donors (Lipinski definition) is 4. The zero-order valence-electron chi connectivity index (χ0n) is 7.65. The van der Waals surface area contributed by atoms with Crippen molar-refractivity contribution in [2.24, 2.45) is 0 Å². The summed E-state index contributed by atoms with van der Waals surface area (Å²) in [6, 6.07) is 0. The molecule has 0 fully saturated rings. The molecule has 90 valence electrons. The van der Waals surface area contributed by atoms with E-state index in [1.54, 1.807) is 0 Å². The monoisotopic (exact) mass is 254 g/mol. The summed E-state index contributed by atoms with van der Waals surface area (Å²) in [6.07, 6.45) is 0. The Hall–Kier alpha value is 0.0600. The number of aliphatic hydroxyl groups excluding tert-OH is 2. The predicted molar refractivity (Wildman–Crippen MR) is 49.7 cm³/mol. The summed E-state index contributed by atoms with van der Waals surface area (Å²) in [6.45, 7) is -0.250. The van der Waals surface area contributed by atoms with Crippen LogP contribution < -0.4 is 0 Å². The lowest BCUT2D eigenvalue weighted by molar-refractivity contribution is 0.186. The molecular weight excluding hydrogens is 240 g/mol. The molecule has 0 atom stereocenters. The van der Waals surface area contributed by atoms with Crippen LogP contribution >= 0.6 is 0 Å². The second kappa shape index (κ2) is 18.8. The van der Waals surface area contributed by atoms with Crippen molar-refractivity contribution in [3.05, 3.63) is 0 Å². The first-order valence-corrected chi connectivity index (χ1v) is 5.04. The Balaban J connectivity index is -0.000000135. The van der Waals surface area contributed by atoms with Gasteiger partial charge < -0.3 is 10.2 Å². The van der Waals surface area contributed by atoms with Gasteiger partial charge in [-0.25, -0.2) is 0 Å². The first-order chi connectivity index (χ1) is 6.45. The van der Waals surface area contributed by atoms with Gasteiger partial charge in [-0.2, -0.15) is 8.42 Å². The Morgan fingerprint density at radius 2 is 1.21 bits per heavy atom. The Kier molecular flexibility index (Phi) is 26.3. The average molecular weight is 254 g/mol. The summed E-state index contributed by atoms with van der Waals surface area (Å²) in [5.41, 5.74) is 0. The summed E-state index contributed by atoms with van der Waals surface area (Å²) in [4.78, 5) is 0. The van der Waals surface area contributed by atoms with E-state index in [-0.39, 0.29) is 13.2 Å². The summed E-state index contributed by atoms with van der Waals surface area (Å²) in [5.74, 6) is 0. The van der Waals surface area contributed by atoms with Crippen molar-refractivity contribution >= 4 is 22.7 Å². The van der Waals surface area contributed by atoms with Gasteiger partial charge in [-0.3, -0.25) is 17.5 Å². The van der Waals surface area contributed by atoms with Gasteiger partial charge in [0, 0.05) is 0 Å². The van der Waals surface area contributed by atoms with Gasteiger partial charge in [-0.15, -0.1) is 0 Å². The van der Waals surface area contributed by atoms with Crippen LogP contribution in [0.3, 0.4) is 0 Å². The van der Waals surface area contributed by atoms with E-state index in [1.165, 1.54) is 14.2 Å². The second-order valence-electron chi connectivity index (χ2n) is 1.22. The lowest BCUT2D eigenvalue weighted by Gasteiger charge is -1.86. The van der Waals surface area contributed by atoms with Gasteiger partial charge >= 0.3 is 11.4 Å². The Labute approximate surface area is 86.8 Å². The highest BCUT2D eigenvalue weighted by Crippen LogP contribution is 1.76. The van der Waals surface area contributed by atoms with E-state index in [2.05, 4.69) is 8.37 Å². The molecule has 0 bridgehead atoms. The highest BCUT2D eigenvalue weighted by atomic mass is 32.2. The fourth-order valence-electron chi connectivity index (χ4n) is 0.0680. The molecule has 0 spiro atoms. The van der Waals surface area contributed by atoms with Crippen LogP contribution in [0.5, 0.6) is 0 Å². The molecular formula is C4H14O8S2. The molecule has 0 aliphatic rings. The first kappa shape index (κ1) is 19.6. The average Bonchev–Trinajstić information content (AvgIpc) is 2.16. The van der Waals surface area contributed by atoms with Crippen LogP contribution in [0, 0.1) is 0 Å². The number of hydrogen-bond acceptors (Lipinski definition) is 6. The van der Waals surface area contributed by atoms with Crippen molar-refractivity contribution < 1.29 is 36.1 Å². The fourth-order valence-corrected chi connectivity index (χ4v) is 0.204. The maximum absolute atomic E-state index is 9.85. The van der Waals surface area contributed by atoms with Crippen LogP contribution in [0.15, 0.2) is 0 Å². The normalized spacial score (nSPS) is 8.86. The van der Waals surface area contributed by atoms with Gasteiger partial charge in [0.25, 0.3) is 11.4 Å². The van der Waals surface area contributed by atoms with Crippen molar-refractivity contribution in [2.45, 2.75) is 0 Å². The molecule has 0 saturated carbocycles. The molecule has 0 rings (SSSR count). The minimum absolute atomic E-state index is 0.125. The Bertz CT molecular complexity index is 127. The third-order valence-corrected chi connectivity index (χ3v) is 0.916. The van der Waals surface area contributed by atoms with E-state index < -0.39 is 22.7 Å².